The molecular formula is C13H21Cl3N2O8. The van der Waals surface area contributed by atoms with E-state index in [1.54, 1.807) is 0 Å². The van der Waals surface area contributed by atoms with Gasteiger partial charge < -0.3 is 30.6 Å². The molecule has 0 aromatic carbocycles. The van der Waals surface area contributed by atoms with Gasteiger partial charge in [0.25, 0.3) is 9.70 Å². The molecule has 0 atom stereocenters. The highest BCUT2D eigenvalue weighted by Gasteiger charge is 2.40. The van der Waals surface area contributed by atoms with Crippen LogP contribution >= 0.6 is 34.8 Å². The summed E-state index contributed by atoms with van der Waals surface area (Å²) < 4.78 is -1.85. The van der Waals surface area contributed by atoms with Crippen LogP contribution < -0.4 is 5.32 Å². The van der Waals surface area contributed by atoms with E-state index in [1.807, 2.05) is 19.0 Å². The average Bonchev–Trinajstić information content (AvgIpc) is 2.40. The van der Waals surface area contributed by atoms with Gasteiger partial charge in [0.15, 0.2) is 5.60 Å². The first kappa shape index (κ1) is 26.9. The van der Waals surface area contributed by atoms with Crippen LogP contribution in [-0.2, 0) is 19.2 Å². The lowest BCUT2D eigenvalue weighted by Crippen LogP contribution is -2.42. The quantitative estimate of drug-likeness (QED) is 0.249. The summed E-state index contributed by atoms with van der Waals surface area (Å²) in [6.45, 7) is 1.41. The zero-order valence-electron chi connectivity index (χ0n) is 14.0. The van der Waals surface area contributed by atoms with Gasteiger partial charge in [-0.3, -0.25) is 14.4 Å². The molecule has 0 radical (unpaired) electrons. The molecule has 0 saturated carbocycles. The van der Waals surface area contributed by atoms with Crippen LogP contribution in [0.2, 0.25) is 0 Å². The third-order valence-corrected chi connectivity index (χ3v) is 3.13. The number of aliphatic carboxylic acids is 3. The van der Waals surface area contributed by atoms with Crippen LogP contribution in [0.1, 0.15) is 19.3 Å². The predicted molar refractivity (Wildman–Crippen MR) is 93.6 cm³/mol. The number of rotatable bonds is 9. The number of carboxylic acids is 3. The van der Waals surface area contributed by atoms with Crippen LogP contribution in [0.4, 0.5) is 0 Å². The maximum absolute atomic E-state index is 11.0. The number of carbonyl (C=O) groups excluding carboxylic acids is 1. The highest BCUT2D eigenvalue weighted by molar-refractivity contribution is 6.76. The molecule has 0 unspecified atom stereocenters. The van der Waals surface area contributed by atoms with Crippen molar-refractivity contribution in [3.63, 3.8) is 0 Å². The molecule has 0 heterocycles. The van der Waals surface area contributed by atoms with Gasteiger partial charge in [-0.25, -0.2) is 4.79 Å². The van der Waals surface area contributed by atoms with Crippen LogP contribution in [0.5, 0.6) is 0 Å². The lowest BCUT2D eigenvalue weighted by molar-refractivity contribution is -0.170. The van der Waals surface area contributed by atoms with Gasteiger partial charge in [0, 0.05) is 6.54 Å². The topological polar surface area (TPSA) is 164 Å². The molecule has 26 heavy (non-hydrogen) atoms. The van der Waals surface area contributed by atoms with Gasteiger partial charge in [-0.2, -0.15) is 0 Å². The Bertz CT molecular complexity index is 492. The summed E-state index contributed by atoms with van der Waals surface area (Å²) in [6, 6.07) is 0. The third-order valence-electron chi connectivity index (χ3n) is 2.61. The Labute approximate surface area is 164 Å². The van der Waals surface area contributed by atoms with E-state index in [2.05, 4.69) is 5.32 Å². The number of hydrogen-bond acceptors (Lipinski definition) is 6. The van der Waals surface area contributed by atoms with Crippen molar-refractivity contribution in [2.45, 2.75) is 28.7 Å². The molecular weight excluding hydrogens is 419 g/mol. The minimum absolute atomic E-state index is 0.519. The van der Waals surface area contributed by atoms with Crippen molar-refractivity contribution in [3.05, 3.63) is 0 Å². The number of carbonyl (C=O) groups is 4. The molecule has 152 valence electrons. The zero-order valence-corrected chi connectivity index (χ0v) is 16.3. The number of aliphatic hydroxyl groups is 1. The van der Waals surface area contributed by atoms with E-state index < -0.39 is 46.1 Å². The largest absolute Gasteiger partial charge is 0.481 e. The Morgan fingerprint density at radius 2 is 1.38 bits per heavy atom. The second-order valence-corrected chi connectivity index (χ2v) is 7.67. The lowest BCUT2D eigenvalue weighted by atomic mass is 9.96. The van der Waals surface area contributed by atoms with Crippen LogP contribution in [0.25, 0.3) is 0 Å². The van der Waals surface area contributed by atoms with Crippen LogP contribution in [-0.4, -0.2) is 85.7 Å². The summed E-state index contributed by atoms with van der Waals surface area (Å²) >= 11 is 16.0. The fourth-order valence-corrected chi connectivity index (χ4v) is 1.61. The van der Waals surface area contributed by atoms with Crippen molar-refractivity contribution < 1.29 is 39.6 Å². The van der Waals surface area contributed by atoms with Crippen LogP contribution in [0.15, 0.2) is 0 Å². The monoisotopic (exact) mass is 438 g/mol. The van der Waals surface area contributed by atoms with Gasteiger partial charge >= 0.3 is 17.9 Å². The SMILES string of the molecule is CN(C)CCCNC(=O)C(Cl)(Cl)Cl.O=C(O)CC(O)(CC(=O)O)C(=O)O. The Kier molecular flexibility index (Phi) is 12.5. The normalized spacial score (nSPS) is 11.3. The first-order valence-electron chi connectivity index (χ1n) is 7.01. The summed E-state index contributed by atoms with van der Waals surface area (Å²) in [4.78, 5) is 43.5. The molecule has 0 rings (SSSR count). The van der Waals surface area contributed by atoms with Crippen molar-refractivity contribution >= 4 is 58.6 Å². The molecule has 0 fully saturated rings. The zero-order chi connectivity index (χ0) is 21.1. The molecule has 0 aliphatic heterocycles. The van der Waals surface area contributed by atoms with Crippen LogP contribution in [0.3, 0.4) is 0 Å². The predicted octanol–water partition coefficient (Wildman–Crippen LogP) is 0.176. The van der Waals surface area contributed by atoms with E-state index in [0.717, 1.165) is 13.0 Å². The number of halogens is 3. The smallest absolute Gasteiger partial charge is 0.336 e. The van der Waals surface area contributed by atoms with Crippen molar-refractivity contribution in [2.75, 3.05) is 27.2 Å². The van der Waals surface area contributed by atoms with Crippen molar-refractivity contribution in [1.29, 1.82) is 0 Å². The van der Waals surface area contributed by atoms with Crippen molar-refractivity contribution in [1.82, 2.24) is 10.2 Å². The number of alkyl halides is 3. The second-order valence-electron chi connectivity index (χ2n) is 5.39. The van der Waals surface area contributed by atoms with Gasteiger partial charge in [0.2, 0.25) is 0 Å². The lowest BCUT2D eigenvalue weighted by Gasteiger charge is -2.18. The van der Waals surface area contributed by atoms with E-state index in [0.29, 0.717) is 6.54 Å². The summed E-state index contributed by atoms with van der Waals surface area (Å²) in [5.74, 6) is -5.59. The maximum atomic E-state index is 11.0. The molecule has 13 heteroatoms. The molecule has 0 aromatic rings. The molecule has 0 bridgehead atoms. The second kappa shape index (κ2) is 12.1. The summed E-state index contributed by atoms with van der Waals surface area (Å²) in [5.41, 5.74) is -2.74. The van der Waals surface area contributed by atoms with E-state index in [9.17, 15) is 19.2 Å². The standard InChI is InChI=1S/C7H13Cl3N2O.C6H8O7/c1-12(2)5-3-4-11-6(13)7(8,9)10;7-3(8)1-6(13,5(11)12)2-4(9)10/h3-5H2,1-2H3,(H,11,13);13H,1-2H2,(H,7,8)(H,9,10)(H,11,12). The minimum Gasteiger partial charge on any atom is -0.481 e. The first-order valence-corrected chi connectivity index (χ1v) is 8.14. The average molecular weight is 440 g/mol. The molecule has 0 aliphatic rings. The van der Waals surface area contributed by atoms with Gasteiger partial charge in [-0.05, 0) is 27.1 Å². The molecule has 0 aromatic heterocycles. The fraction of sp³-hybridized carbons (Fsp3) is 0.692. The van der Waals surface area contributed by atoms with Crippen molar-refractivity contribution in [2.24, 2.45) is 0 Å². The fourth-order valence-electron chi connectivity index (χ4n) is 1.41. The molecule has 1 amide bonds. The molecule has 0 saturated heterocycles. The van der Waals surface area contributed by atoms with Crippen molar-refractivity contribution in [3.8, 4) is 0 Å². The van der Waals surface area contributed by atoms with E-state index in [-0.39, 0.29) is 0 Å². The van der Waals surface area contributed by atoms with Gasteiger partial charge in [0.05, 0.1) is 12.8 Å². The van der Waals surface area contributed by atoms with Gasteiger partial charge in [-0.15, -0.1) is 0 Å². The summed E-state index contributed by atoms with van der Waals surface area (Å²) in [7, 11) is 3.91. The number of hydrogen-bond donors (Lipinski definition) is 5. The molecule has 0 spiro atoms. The Hall–Kier alpha value is -1.33. The van der Waals surface area contributed by atoms with Gasteiger partial charge in [0.1, 0.15) is 0 Å². The summed E-state index contributed by atoms with van der Waals surface area (Å²) in [6.07, 6.45) is -1.46. The number of nitrogens with one attached hydrogen (secondary N) is 1. The Balaban J connectivity index is 0. The third kappa shape index (κ3) is 13.9. The number of carboxylic acid groups (broad SMARTS) is 3. The first-order chi connectivity index (χ1) is 11.6. The Morgan fingerprint density at radius 1 is 0.962 bits per heavy atom. The van der Waals surface area contributed by atoms with Gasteiger partial charge in [-0.1, -0.05) is 34.8 Å². The highest BCUT2D eigenvalue weighted by atomic mass is 35.6. The molecule has 0 aliphatic carbocycles. The highest BCUT2D eigenvalue weighted by Crippen LogP contribution is 2.25. The molecule has 10 nitrogen and oxygen atoms in total. The van der Waals surface area contributed by atoms with E-state index >= 15 is 0 Å². The van der Waals surface area contributed by atoms with E-state index in [4.69, 9.17) is 55.2 Å². The minimum atomic E-state index is -2.74. The Morgan fingerprint density at radius 3 is 1.65 bits per heavy atom. The summed E-state index contributed by atoms with van der Waals surface area (Å²) in [5, 5.41) is 36.3. The van der Waals surface area contributed by atoms with Crippen LogP contribution in [0, 0.1) is 0 Å². The number of nitrogens with zero attached hydrogens (tertiary/aromatic N) is 1. The maximum Gasteiger partial charge on any atom is 0.336 e. The van der Waals surface area contributed by atoms with E-state index in [1.165, 1.54) is 0 Å². The molecule has 5 N–H and O–H groups in total. The number of amides is 1.